The first kappa shape index (κ1) is 26.6. The Labute approximate surface area is 229 Å². The van der Waals surface area contributed by atoms with E-state index in [2.05, 4.69) is 25.5 Å². The molecule has 0 unspecified atom stereocenters. The third-order valence-corrected chi connectivity index (χ3v) is 9.74. The standard InChI is InChI=1S/C24H27ClN6O5S2/c1-23(2,3)36-22(32)27-21-28-24(4,12-38(33,34)31(21)5)18-16(25)9-17(37-18)14-8-15(11-26-10-14)20-30-29-19(35-20)13-6-7-13/h8-11,13H,6-7,12H2,1-5H3,(H,27,28,32)/t24-/m0/s1. The van der Waals surface area contributed by atoms with Gasteiger partial charge in [0, 0.05) is 35.8 Å². The number of alkyl carbamates (subject to hydrolysis) is 1. The second-order valence-corrected chi connectivity index (χ2v) is 14.0. The van der Waals surface area contributed by atoms with Crippen LogP contribution in [0.4, 0.5) is 4.79 Å². The number of carbonyl (C=O) groups excluding carboxylic acids is 1. The van der Waals surface area contributed by atoms with Gasteiger partial charge < -0.3 is 9.15 Å². The molecule has 1 aliphatic heterocycles. The number of thiophene rings is 1. The quantitative estimate of drug-likeness (QED) is 0.467. The average molecular weight is 579 g/mol. The minimum Gasteiger partial charge on any atom is -0.444 e. The van der Waals surface area contributed by atoms with Gasteiger partial charge in [-0.25, -0.2) is 22.5 Å². The zero-order valence-electron chi connectivity index (χ0n) is 21.5. The van der Waals surface area contributed by atoms with E-state index in [1.54, 1.807) is 46.2 Å². The maximum Gasteiger partial charge on any atom is 0.414 e. The van der Waals surface area contributed by atoms with Gasteiger partial charge >= 0.3 is 6.09 Å². The number of carbonyl (C=O) groups is 1. The summed E-state index contributed by atoms with van der Waals surface area (Å²) in [4.78, 5) is 22.6. The van der Waals surface area contributed by atoms with Gasteiger partial charge in [0.05, 0.1) is 21.2 Å². The third-order valence-electron chi connectivity index (χ3n) is 5.96. The monoisotopic (exact) mass is 578 g/mol. The highest BCUT2D eigenvalue weighted by atomic mass is 35.5. The van der Waals surface area contributed by atoms with E-state index in [1.165, 1.54) is 18.4 Å². The number of hydrogen-bond donors (Lipinski definition) is 1. The second-order valence-electron chi connectivity index (χ2n) is 10.5. The molecule has 5 rings (SSSR count). The number of rotatable bonds is 4. The number of aliphatic imine (C=N–C) groups is 1. The fraction of sp³-hybridized carbons (Fsp3) is 0.458. The fourth-order valence-electron chi connectivity index (χ4n) is 3.95. The third kappa shape index (κ3) is 5.40. The lowest BCUT2D eigenvalue weighted by molar-refractivity contribution is 0.0559. The zero-order valence-corrected chi connectivity index (χ0v) is 23.9. The van der Waals surface area contributed by atoms with E-state index in [1.807, 2.05) is 6.07 Å². The maximum absolute atomic E-state index is 13.1. The van der Waals surface area contributed by atoms with Crippen molar-refractivity contribution in [2.75, 3.05) is 12.8 Å². The van der Waals surface area contributed by atoms with Crippen LogP contribution in [0.1, 0.15) is 57.2 Å². The van der Waals surface area contributed by atoms with Crippen molar-refractivity contribution < 1.29 is 22.4 Å². The summed E-state index contributed by atoms with van der Waals surface area (Å²) in [6.07, 6.45) is 4.62. The minimum atomic E-state index is -3.83. The van der Waals surface area contributed by atoms with Crippen LogP contribution >= 0.6 is 22.9 Å². The Morgan fingerprint density at radius 3 is 2.63 bits per heavy atom. The smallest absolute Gasteiger partial charge is 0.414 e. The highest BCUT2D eigenvalue weighted by molar-refractivity contribution is 7.89. The van der Waals surface area contributed by atoms with Crippen LogP contribution in [0.2, 0.25) is 5.02 Å². The Morgan fingerprint density at radius 2 is 1.95 bits per heavy atom. The molecule has 0 radical (unpaired) electrons. The van der Waals surface area contributed by atoms with Crippen LogP contribution in [0, 0.1) is 0 Å². The molecule has 0 aromatic carbocycles. The van der Waals surface area contributed by atoms with Gasteiger partial charge in [-0.15, -0.1) is 21.5 Å². The molecule has 1 N–H and O–H groups in total. The lowest BCUT2D eigenvalue weighted by Gasteiger charge is -2.35. The van der Waals surface area contributed by atoms with Crippen LogP contribution in [-0.4, -0.2) is 58.4 Å². The van der Waals surface area contributed by atoms with Gasteiger partial charge in [0.2, 0.25) is 27.8 Å². The summed E-state index contributed by atoms with van der Waals surface area (Å²) >= 11 is 7.95. The van der Waals surface area contributed by atoms with E-state index < -0.39 is 27.3 Å². The van der Waals surface area contributed by atoms with Crippen molar-refractivity contribution >= 4 is 45.0 Å². The van der Waals surface area contributed by atoms with Crippen LogP contribution in [0.15, 0.2) is 33.9 Å². The molecular weight excluding hydrogens is 552 g/mol. The zero-order chi connectivity index (χ0) is 27.5. The van der Waals surface area contributed by atoms with Gasteiger partial charge in [0.15, 0.2) is 0 Å². The number of nitrogens with one attached hydrogen (secondary N) is 1. The summed E-state index contributed by atoms with van der Waals surface area (Å²) in [5.41, 5.74) is -0.605. The highest BCUT2D eigenvalue weighted by Crippen LogP contribution is 2.45. The predicted octanol–water partition coefficient (Wildman–Crippen LogP) is 4.76. The molecule has 14 heteroatoms. The van der Waals surface area contributed by atoms with Gasteiger partial charge in [-0.3, -0.25) is 10.3 Å². The first-order valence-corrected chi connectivity index (χ1v) is 14.7. The number of hydrogen-bond acceptors (Lipinski definition) is 10. The molecule has 38 heavy (non-hydrogen) atoms. The number of aromatic nitrogens is 3. The van der Waals surface area contributed by atoms with E-state index >= 15 is 0 Å². The van der Waals surface area contributed by atoms with Gasteiger partial charge in [0.1, 0.15) is 11.1 Å². The Bertz CT molecular complexity index is 1540. The van der Waals surface area contributed by atoms with Crippen molar-refractivity contribution in [1.29, 1.82) is 0 Å². The van der Waals surface area contributed by atoms with Gasteiger partial charge in [-0.1, -0.05) is 11.6 Å². The second kappa shape index (κ2) is 9.31. The minimum absolute atomic E-state index is 0.148. The first-order valence-electron chi connectivity index (χ1n) is 11.9. The molecule has 1 amide bonds. The SMILES string of the molecule is CN1C(NC(=O)OC(C)(C)C)=N[C@](C)(c2sc(-c3cncc(-c4nnc(C5CC5)o4)c3)cc2Cl)CS1(=O)=O. The van der Waals surface area contributed by atoms with Crippen LogP contribution in [0.25, 0.3) is 21.9 Å². The van der Waals surface area contributed by atoms with E-state index in [0.717, 1.165) is 27.6 Å². The molecule has 3 aromatic rings. The molecule has 202 valence electrons. The molecule has 0 spiro atoms. The molecule has 3 aromatic heterocycles. The van der Waals surface area contributed by atoms with Crippen molar-refractivity contribution in [3.8, 4) is 21.9 Å². The van der Waals surface area contributed by atoms with Crippen LogP contribution in [0.5, 0.6) is 0 Å². The highest BCUT2D eigenvalue weighted by Gasteiger charge is 2.44. The molecule has 1 fully saturated rings. The molecule has 2 aliphatic rings. The largest absolute Gasteiger partial charge is 0.444 e. The number of amides is 1. The predicted molar refractivity (Wildman–Crippen MR) is 144 cm³/mol. The van der Waals surface area contributed by atoms with Crippen molar-refractivity contribution in [2.45, 2.75) is 57.6 Å². The molecule has 1 saturated carbocycles. The number of sulfonamides is 1. The number of guanidine groups is 1. The Kier molecular flexibility index (Phi) is 6.51. The van der Waals surface area contributed by atoms with Crippen LogP contribution in [0.3, 0.4) is 0 Å². The Morgan fingerprint density at radius 1 is 1.24 bits per heavy atom. The molecule has 1 aliphatic carbocycles. The number of pyridine rings is 1. The Balaban J connectivity index is 1.47. The molecule has 11 nitrogen and oxygen atoms in total. The van der Waals surface area contributed by atoms with Crippen molar-refractivity contribution in [3.63, 3.8) is 0 Å². The molecule has 0 bridgehead atoms. The summed E-state index contributed by atoms with van der Waals surface area (Å²) < 4.78 is 38.2. The van der Waals surface area contributed by atoms with Crippen molar-refractivity contribution in [1.82, 2.24) is 24.8 Å². The normalized spacial score (nSPS) is 21.2. The molecular formula is C24H27ClN6O5S2. The number of nitrogens with zero attached hydrogens (tertiary/aromatic N) is 5. The summed E-state index contributed by atoms with van der Waals surface area (Å²) in [6, 6.07) is 3.62. The molecule has 1 atom stereocenters. The maximum atomic E-state index is 13.1. The average Bonchev–Trinajstić information content (AvgIpc) is 3.39. The van der Waals surface area contributed by atoms with Crippen molar-refractivity contribution in [2.24, 2.45) is 4.99 Å². The molecule has 4 heterocycles. The lowest BCUT2D eigenvalue weighted by Crippen LogP contribution is -2.53. The van der Waals surface area contributed by atoms with Gasteiger partial charge in [-0.05, 0) is 52.7 Å². The van der Waals surface area contributed by atoms with Gasteiger partial charge in [-0.2, -0.15) is 0 Å². The summed E-state index contributed by atoms with van der Waals surface area (Å²) in [5, 5.41) is 11.1. The topological polar surface area (TPSA) is 140 Å². The van der Waals surface area contributed by atoms with Crippen LogP contribution < -0.4 is 5.32 Å². The summed E-state index contributed by atoms with van der Waals surface area (Å²) in [7, 11) is -2.50. The van der Waals surface area contributed by atoms with Crippen molar-refractivity contribution in [3.05, 3.63) is 40.3 Å². The van der Waals surface area contributed by atoms with E-state index in [9.17, 15) is 13.2 Å². The van der Waals surface area contributed by atoms with E-state index in [-0.39, 0.29) is 11.7 Å². The fourth-order valence-corrected chi connectivity index (χ4v) is 7.12. The number of ether oxygens (including phenoxy) is 1. The van der Waals surface area contributed by atoms with E-state index in [0.29, 0.717) is 33.2 Å². The summed E-state index contributed by atoms with van der Waals surface area (Å²) in [5.74, 6) is 0.884. The van der Waals surface area contributed by atoms with E-state index in [4.69, 9.17) is 20.8 Å². The molecule has 0 saturated heterocycles. The van der Waals surface area contributed by atoms with Gasteiger partial charge in [0.25, 0.3) is 0 Å². The Hall–Kier alpha value is -3.03. The summed E-state index contributed by atoms with van der Waals surface area (Å²) in [6.45, 7) is 6.80. The lowest BCUT2D eigenvalue weighted by atomic mass is 10.0. The number of halogens is 1. The first-order chi connectivity index (χ1) is 17.7. The van der Waals surface area contributed by atoms with Crippen LogP contribution in [-0.2, 0) is 20.3 Å².